The first-order valence-corrected chi connectivity index (χ1v) is 16.9. The lowest BCUT2D eigenvalue weighted by Gasteiger charge is -2.25. The van der Waals surface area contributed by atoms with Gasteiger partial charge in [0.25, 0.3) is 20.2 Å². The van der Waals surface area contributed by atoms with Gasteiger partial charge in [-0.15, -0.1) is 0 Å². The molecule has 46 heavy (non-hydrogen) atoms. The van der Waals surface area contributed by atoms with E-state index in [0.29, 0.717) is 33.9 Å². The Morgan fingerprint density at radius 1 is 0.848 bits per heavy atom. The number of anilines is 1. The third-order valence-electron chi connectivity index (χ3n) is 8.14. The van der Waals surface area contributed by atoms with Crippen molar-refractivity contribution in [1.29, 1.82) is 0 Å². The Bertz CT molecular complexity index is 2020. The minimum absolute atomic E-state index is 0.288. The smallest absolute Gasteiger partial charge is 0.370 e. The maximum Gasteiger partial charge on any atom is 0.370 e. The summed E-state index contributed by atoms with van der Waals surface area (Å²) in [7, 11) is -8.93. The molecule has 14 heteroatoms. The van der Waals surface area contributed by atoms with Gasteiger partial charge >= 0.3 is 11.9 Å². The molecule has 0 saturated carbocycles. The van der Waals surface area contributed by atoms with Crippen LogP contribution in [0.3, 0.4) is 0 Å². The van der Waals surface area contributed by atoms with Crippen molar-refractivity contribution in [1.82, 2.24) is 0 Å². The third kappa shape index (κ3) is 6.75. The van der Waals surface area contributed by atoms with Crippen LogP contribution in [0.2, 0.25) is 0 Å². The Morgan fingerprint density at radius 3 is 2.00 bits per heavy atom. The molecule has 12 nitrogen and oxygen atoms in total. The van der Waals surface area contributed by atoms with Gasteiger partial charge < -0.3 is 15.1 Å². The molecule has 0 spiro atoms. The van der Waals surface area contributed by atoms with Crippen LogP contribution in [0.5, 0.6) is 0 Å². The first kappa shape index (κ1) is 34.5. The highest BCUT2D eigenvalue weighted by Crippen LogP contribution is 2.48. The average molecular weight is 672 g/mol. The van der Waals surface area contributed by atoms with Crippen molar-refractivity contribution >= 4 is 49.3 Å². The monoisotopic (exact) mass is 671 g/mol. The number of carboxylic acids is 2. The van der Waals surface area contributed by atoms with Crippen LogP contribution in [0.4, 0.5) is 11.4 Å². The summed E-state index contributed by atoms with van der Waals surface area (Å²) >= 11 is 0. The van der Waals surface area contributed by atoms with Crippen LogP contribution >= 0.6 is 0 Å². The van der Waals surface area contributed by atoms with Gasteiger partial charge in [0.05, 0.1) is 15.2 Å². The fourth-order valence-corrected chi connectivity index (χ4v) is 6.89. The van der Waals surface area contributed by atoms with Crippen LogP contribution in [-0.2, 0) is 40.7 Å². The van der Waals surface area contributed by atoms with Gasteiger partial charge in [-0.2, -0.15) is 21.4 Å². The molecule has 0 radical (unpaired) electrons. The van der Waals surface area contributed by atoms with Crippen LogP contribution in [-0.4, -0.2) is 71.5 Å². The molecule has 2 aliphatic rings. The van der Waals surface area contributed by atoms with E-state index in [0.717, 1.165) is 5.57 Å². The number of aliphatic carboxylic acids is 2. The quantitative estimate of drug-likeness (QED) is 0.158. The lowest BCUT2D eigenvalue weighted by atomic mass is 9.81. The molecule has 0 unspecified atom stereocenters. The average Bonchev–Trinajstić information content (AvgIpc) is 3.25. The Morgan fingerprint density at radius 2 is 1.43 bits per heavy atom. The van der Waals surface area contributed by atoms with E-state index in [1.807, 2.05) is 34.6 Å². The predicted octanol–water partition coefficient (Wildman–Crippen LogP) is 4.47. The van der Waals surface area contributed by atoms with E-state index in [1.54, 1.807) is 45.9 Å². The van der Waals surface area contributed by atoms with Crippen LogP contribution in [0.15, 0.2) is 93.9 Å². The van der Waals surface area contributed by atoms with E-state index in [4.69, 9.17) is 0 Å². The summed E-state index contributed by atoms with van der Waals surface area (Å²) in [6.45, 7) is 8.40. The standard InChI is InChI=1S/C32H34N2O10S2/c1-20(8-6-10-27-31(2,3)23-16-21(45(39,40)41)12-14-25(23)33(27)18-29(35)36)9-7-11-28-32(4,5)24-17-22(46(42,43)44)13-15-26(24)34(28)19-30(37)38/h6-17H,18-19H2,1-5H3,(H3-,35,36,37,38,39,40,41,42,43,44)/p+1. The summed E-state index contributed by atoms with van der Waals surface area (Å²) in [5.74, 6) is -2.17. The number of fused-ring (bicyclic) bond motifs is 2. The molecule has 244 valence electrons. The number of benzene rings is 2. The zero-order chi connectivity index (χ0) is 34.4. The minimum Gasteiger partial charge on any atom is -0.480 e. The van der Waals surface area contributed by atoms with Gasteiger partial charge in [0, 0.05) is 34.5 Å². The van der Waals surface area contributed by atoms with Crippen LogP contribution in [0.1, 0.15) is 45.7 Å². The number of allylic oxidation sites excluding steroid dienone is 8. The summed E-state index contributed by atoms with van der Waals surface area (Å²) in [5, 5.41) is 19.1. The second-order valence-corrected chi connectivity index (χ2v) is 14.9. The van der Waals surface area contributed by atoms with Gasteiger partial charge in [-0.05, 0) is 62.7 Å². The van der Waals surface area contributed by atoms with Gasteiger partial charge in [-0.1, -0.05) is 43.7 Å². The number of nitrogens with zero attached hydrogens (tertiary/aromatic N) is 2. The molecule has 0 aliphatic carbocycles. The first-order chi connectivity index (χ1) is 21.2. The molecular weight excluding hydrogens is 636 g/mol. The Hall–Kier alpha value is -4.37. The van der Waals surface area contributed by atoms with Gasteiger partial charge in [0.15, 0.2) is 5.71 Å². The van der Waals surface area contributed by atoms with Gasteiger partial charge in [-0.3, -0.25) is 13.9 Å². The maximum absolute atomic E-state index is 11.8. The van der Waals surface area contributed by atoms with Gasteiger partial charge in [0.2, 0.25) is 12.2 Å². The van der Waals surface area contributed by atoms with E-state index in [1.165, 1.54) is 36.4 Å². The molecular formula is C32H35N2O10S2+. The van der Waals surface area contributed by atoms with Crippen molar-refractivity contribution in [2.45, 2.75) is 55.2 Å². The second-order valence-electron chi connectivity index (χ2n) is 12.1. The van der Waals surface area contributed by atoms with E-state index < -0.39 is 43.0 Å². The zero-order valence-electron chi connectivity index (χ0n) is 25.8. The molecule has 2 aliphatic heterocycles. The molecule has 2 heterocycles. The Balaban J connectivity index is 1.66. The molecule has 4 N–H and O–H groups in total. The van der Waals surface area contributed by atoms with E-state index in [9.17, 15) is 45.7 Å². The molecule has 2 aromatic rings. The number of rotatable bonds is 10. The summed E-state index contributed by atoms with van der Waals surface area (Å²) in [5.41, 5.74) is 2.52. The third-order valence-corrected chi connectivity index (χ3v) is 9.83. The highest BCUT2D eigenvalue weighted by molar-refractivity contribution is 7.86. The lowest BCUT2D eigenvalue weighted by Crippen LogP contribution is -2.30. The summed E-state index contributed by atoms with van der Waals surface area (Å²) in [6, 6.07) is 8.09. The summed E-state index contributed by atoms with van der Waals surface area (Å²) < 4.78 is 67.7. The summed E-state index contributed by atoms with van der Waals surface area (Å²) in [4.78, 5) is 24.4. The number of hydrogen-bond acceptors (Lipinski definition) is 7. The fraction of sp³-hybridized carbons (Fsp3) is 0.281. The highest BCUT2D eigenvalue weighted by atomic mass is 32.2. The number of carboxylic acid groups (broad SMARTS) is 2. The molecule has 0 amide bonds. The topological polar surface area (TPSA) is 190 Å². The van der Waals surface area contributed by atoms with Crippen molar-refractivity contribution in [2.24, 2.45) is 0 Å². The van der Waals surface area contributed by atoms with Gasteiger partial charge in [-0.25, -0.2) is 4.79 Å². The number of carbonyl (C=O) groups is 2. The Kier molecular flexibility index (Phi) is 9.07. The van der Waals surface area contributed by atoms with Crippen molar-refractivity contribution < 1.29 is 50.3 Å². The molecule has 0 saturated heterocycles. The molecule has 0 fully saturated rings. The number of hydrogen-bond donors (Lipinski definition) is 4. The van der Waals surface area contributed by atoms with E-state index in [2.05, 4.69) is 0 Å². The molecule has 4 rings (SSSR count). The van der Waals surface area contributed by atoms with Crippen LogP contribution in [0.25, 0.3) is 0 Å². The zero-order valence-corrected chi connectivity index (χ0v) is 27.4. The fourth-order valence-electron chi connectivity index (χ4n) is 5.88. The second kappa shape index (κ2) is 12.1. The predicted molar refractivity (Wildman–Crippen MR) is 171 cm³/mol. The normalized spacial score (nSPS) is 18.5. The molecule has 0 bridgehead atoms. The lowest BCUT2D eigenvalue weighted by molar-refractivity contribution is -0.428. The van der Waals surface area contributed by atoms with Crippen LogP contribution in [0, 0.1) is 0 Å². The molecule has 0 aromatic heterocycles. The maximum atomic E-state index is 11.8. The SMILES string of the molecule is CC(/C=C/C=C1/N(CC(=O)O)c2ccc(S(=O)(=O)O)cc2C1(C)C)=C\C=C\C1=[N+](CC(=O)O)c2ccc(S(=O)(=O)O)cc2C1(C)C. The first-order valence-electron chi connectivity index (χ1n) is 14.0. The van der Waals surface area contributed by atoms with E-state index in [-0.39, 0.29) is 22.9 Å². The largest absolute Gasteiger partial charge is 0.480 e. The van der Waals surface area contributed by atoms with Crippen molar-refractivity contribution in [3.8, 4) is 0 Å². The van der Waals surface area contributed by atoms with Crippen molar-refractivity contribution in [3.05, 3.63) is 95.3 Å². The Labute approximate surface area is 267 Å². The molecule has 2 aromatic carbocycles. The summed E-state index contributed by atoms with van der Waals surface area (Å²) in [6.07, 6.45) is 10.5. The minimum atomic E-state index is -4.47. The van der Waals surface area contributed by atoms with Crippen molar-refractivity contribution in [3.63, 3.8) is 0 Å². The van der Waals surface area contributed by atoms with Crippen molar-refractivity contribution in [2.75, 3.05) is 18.0 Å². The molecule has 0 atom stereocenters. The van der Waals surface area contributed by atoms with Crippen LogP contribution < -0.4 is 4.90 Å². The highest BCUT2D eigenvalue weighted by Gasteiger charge is 2.46. The van der Waals surface area contributed by atoms with E-state index >= 15 is 0 Å². The van der Waals surface area contributed by atoms with Gasteiger partial charge in [0.1, 0.15) is 6.54 Å².